The summed E-state index contributed by atoms with van der Waals surface area (Å²) in [6.45, 7) is 1.11. The van der Waals surface area contributed by atoms with Crippen molar-refractivity contribution in [2.45, 2.75) is 6.61 Å². The number of hydrogen-bond donors (Lipinski definition) is 2. The number of pyridine rings is 1. The number of aromatic nitrogens is 2. The number of halogens is 1. The van der Waals surface area contributed by atoms with Crippen LogP contribution in [-0.4, -0.2) is 41.4 Å². The highest BCUT2D eigenvalue weighted by Crippen LogP contribution is 2.33. The third-order valence-electron chi connectivity index (χ3n) is 4.68. The minimum absolute atomic E-state index is 0.153. The quantitative estimate of drug-likeness (QED) is 0.261. The van der Waals surface area contributed by atoms with Crippen LogP contribution in [0.2, 0.25) is 0 Å². The van der Waals surface area contributed by atoms with Gasteiger partial charge in [-0.25, -0.2) is 4.98 Å². The number of ether oxygens (including phenoxy) is 1. The van der Waals surface area contributed by atoms with Gasteiger partial charge in [0.05, 0.1) is 20.4 Å². The molecule has 0 aliphatic heterocycles. The fourth-order valence-corrected chi connectivity index (χ4v) is 4.48. The first-order chi connectivity index (χ1) is 16.5. The minimum atomic E-state index is -0.153. The lowest BCUT2D eigenvalue weighted by molar-refractivity contribution is -0.111. The molecule has 0 fully saturated rings. The van der Waals surface area contributed by atoms with E-state index in [-0.39, 0.29) is 5.91 Å². The molecule has 1 amide bonds. The van der Waals surface area contributed by atoms with Crippen LogP contribution in [0.25, 0.3) is 10.2 Å². The predicted octanol–water partition coefficient (Wildman–Crippen LogP) is 5.83. The van der Waals surface area contributed by atoms with Crippen LogP contribution < -0.4 is 15.4 Å². The van der Waals surface area contributed by atoms with Gasteiger partial charge in [-0.2, -0.15) is 0 Å². The standard InChI is InChI=1S/C25H24BrN5O2S/c1-31(2)13-5-7-24(32)28-18-8-10-21-23(15-18)34-25(30-21)29-17-9-11-22(20(26)14-17)33-16-19-6-3-4-12-27-19/h3-12,14-15H,13,16H2,1-2H3,(H,28,32)(H,29,30). The number of rotatable bonds is 9. The molecular formula is C25H24BrN5O2S. The second-order valence-electron chi connectivity index (χ2n) is 7.74. The van der Waals surface area contributed by atoms with Crippen LogP contribution in [0.1, 0.15) is 5.69 Å². The van der Waals surface area contributed by atoms with E-state index in [2.05, 4.69) is 36.5 Å². The Labute approximate surface area is 210 Å². The largest absolute Gasteiger partial charge is 0.486 e. The van der Waals surface area contributed by atoms with E-state index >= 15 is 0 Å². The van der Waals surface area contributed by atoms with Crippen LogP contribution in [0.15, 0.2) is 77.4 Å². The number of benzene rings is 2. The van der Waals surface area contributed by atoms with Crippen molar-refractivity contribution in [2.75, 3.05) is 31.3 Å². The molecule has 0 aliphatic rings. The van der Waals surface area contributed by atoms with Gasteiger partial charge >= 0.3 is 0 Å². The smallest absolute Gasteiger partial charge is 0.248 e. The summed E-state index contributed by atoms with van der Waals surface area (Å²) in [7, 11) is 3.91. The van der Waals surface area contributed by atoms with Crippen LogP contribution in [0.5, 0.6) is 5.75 Å². The summed E-state index contributed by atoms with van der Waals surface area (Å²) in [5.41, 5.74) is 3.35. The Balaban J connectivity index is 1.39. The van der Waals surface area contributed by atoms with Crippen molar-refractivity contribution in [2.24, 2.45) is 0 Å². The Kier molecular flexibility index (Phi) is 7.89. The molecule has 4 aromatic rings. The van der Waals surface area contributed by atoms with Gasteiger partial charge in [-0.15, -0.1) is 0 Å². The summed E-state index contributed by atoms with van der Waals surface area (Å²) < 4.78 is 7.68. The zero-order valence-corrected chi connectivity index (χ0v) is 21.2. The number of fused-ring (bicyclic) bond motifs is 1. The Morgan fingerprint density at radius 2 is 2.00 bits per heavy atom. The molecule has 0 unspecified atom stereocenters. The van der Waals surface area contributed by atoms with Crippen LogP contribution in [0, 0.1) is 0 Å². The maximum absolute atomic E-state index is 12.1. The summed E-state index contributed by atoms with van der Waals surface area (Å²) in [6.07, 6.45) is 5.13. The number of nitrogens with one attached hydrogen (secondary N) is 2. The van der Waals surface area contributed by atoms with E-state index < -0.39 is 0 Å². The van der Waals surface area contributed by atoms with E-state index in [1.807, 2.05) is 79.7 Å². The lowest BCUT2D eigenvalue weighted by Crippen LogP contribution is -2.12. The first kappa shape index (κ1) is 23.9. The maximum atomic E-state index is 12.1. The molecule has 0 atom stereocenters. The Morgan fingerprint density at radius 3 is 2.76 bits per heavy atom. The van der Waals surface area contributed by atoms with Crippen LogP contribution in [0.3, 0.4) is 0 Å². The number of hydrogen-bond acceptors (Lipinski definition) is 7. The third kappa shape index (κ3) is 6.63. The van der Waals surface area contributed by atoms with Crippen molar-refractivity contribution >= 4 is 59.9 Å². The number of likely N-dealkylation sites (N-methyl/N-ethyl adjacent to an activating group) is 1. The summed E-state index contributed by atoms with van der Waals surface area (Å²) in [6, 6.07) is 17.2. The van der Waals surface area contributed by atoms with Crippen molar-refractivity contribution in [1.82, 2.24) is 14.9 Å². The molecule has 2 N–H and O–H groups in total. The zero-order valence-electron chi connectivity index (χ0n) is 18.8. The number of amides is 1. The molecule has 0 saturated carbocycles. The first-order valence-electron chi connectivity index (χ1n) is 10.6. The molecule has 7 nitrogen and oxygen atoms in total. The van der Waals surface area contributed by atoms with Gasteiger partial charge in [0.1, 0.15) is 12.4 Å². The van der Waals surface area contributed by atoms with Gasteiger partial charge in [-0.3, -0.25) is 9.78 Å². The van der Waals surface area contributed by atoms with Crippen molar-refractivity contribution in [1.29, 1.82) is 0 Å². The Bertz CT molecular complexity index is 1310. The number of thiazole rings is 1. The summed E-state index contributed by atoms with van der Waals surface area (Å²) in [5, 5.41) is 7.00. The SMILES string of the molecule is CN(C)CC=CC(=O)Nc1ccc2nc(Nc3ccc(OCc4ccccn4)c(Br)c3)sc2c1. The topological polar surface area (TPSA) is 79.4 Å². The van der Waals surface area contributed by atoms with E-state index in [1.54, 1.807) is 12.3 Å². The highest BCUT2D eigenvalue weighted by atomic mass is 79.9. The molecule has 174 valence electrons. The fourth-order valence-electron chi connectivity index (χ4n) is 3.06. The van der Waals surface area contributed by atoms with Crippen LogP contribution in [-0.2, 0) is 11.4 Å². The first-order valence-corrected chi connectivity index (χ1v) is 12.2. The molecular weight excluding hydrogens is 514 g/mol. The van der Waals surface area contributed by atoms with Gasteiger partial charge in [0.25, 0.3) is 0 Å². The van der Waals surface area contributed by atoms with E-state index in [4.69, 9.17) is 4.74 Å². The number of anilines is 3. The minimum Gasteiger partial charge on any atom is -0.486 e. The normalized spacial score (nSPS) is 11.3. The van der Waals surface area contributed by atoms with E-state index in [0.717, 1.165) is 42.6 Å². The predicted molar refractivity (Wildman–Crippen MR) is 142 cm³/mol. The molecule has 4 rings (SSSR count). The molecule has 2 aromatic carbocycles. The van der Waals surface area contributed by atoms with E-state index in [9.17, 15) is 4.79 Å². The molecule has 9 heteroatoms. The second-order valence-corrected chi connectivity index (χ2v) is 9.62. The van der Waals surface area contributed by atoms with Gasteiger partial charge in [-0.1, -0.05) is 23.5 Å². The van der Waals surface area contributed by atoms with Crippen LogP contribution >= 0.6 is 27.3 Å². The van der Waals surface area contributed by atoms with Crippen molar-refractivity contribution < 1.29 is 9.53 Å². The average molecular weight is 538 g/mol. The molecule has 2 heterocycles. The lowest BCUT2D eigenvalue weighted by Gasteiger charge is -2.10. The number of carbonyl (C=O) groups excluding carboxylic acids is 1. The highest BCUT2D eigenvalue weighted by Gasteiger charge is 2.09. The maximum Gasteiger partial charge on any atom is 0.248 e. The molecule has 2 aromatic heterocycles. The fraction of sp³-hybridized carbons (Fsp3) is 0.160. The molecule has 34 heavy (non-hydrogen) atoms. The van der Waals surface area contributed by atoms with Crippen molar-refractivity contribution in [3.8, 4) is 5.75 Å². The second kappa shape index (κ2) is 11.2. The van der Waals surface area contributed by atoms with Gasteiger partial charge < -0.3 is 20.3 Å². The third-order valence-corrected chi connectivity index (χ3v) is 6.23. The molecule has 0 spiro atoms. The Morgan fingerprint density at radius 1 is 1.15 bits per heavy atom. The Hall–Kier alpha value is -3.27. The van der Waals surface area contributed by atoms with Crippen molar-refractivity contribution in [3.63, 3.8) is 0 Å². The number of carbonyl (C=O) groups is 1. The molecule has 0 radical (unpaired) electrons. The summed E-state index contributed by atoms with van der Waals surface area (Å²) >= 11 is 5.10. The van der Waals surface area contributed by atoms with Gasteiger partial charge in [0.2, 0.25) is 5.91 Å². The molecule has 0 bridgehead atoms. The number of nitrogens with zero attached hydrogens (tertiary/aromatic N) is 3. The van der Waals surface area contributed by atoms with Crippen molar-refractivity contribution in [3.05, 3.63) is 83.1 Å². The van der Waals surface area contributed by atoms with Gasteiger partial charge in [0.15, 0.2) is 5.13 Å². The van der Waals surface area contributed by atoms with E-state index in [0.29, 0.717) is 13.2 Å². The highest BCUT2D eigenvalue weighted by molar-refractivity contribution is 9.10. The summed E-state index contributed by atoms with van der Waals surface area (Å²) in [5.74, 6) is 0.583. The monoisotopic (exact) mass is 537 g/mol. The van der Waals surface area contributed by atoms with Gasteiger partial charge in [-0.05, 0) is 78.6 Å². The van der Waals surface area contributed by atoms with Gasteiger partial charge in [0, 0.05) is 30.2 Å². The van der Waals surface area contributed by atoms with E-state index in [1.165, 1.54) is 11.3 Å². The average Bonchev–Trinajstić information content (AvgIpc) is 3.20. The molecule has 0 aliphatic carbocycles. The zero-order chi connectivity index (χ0) is 23.9. The van der Waals surface area contributed by atoms with Crippen LogP contribution in [0.4, 0.5) is 16.5 Å². The lowest BCUT2D eigenvalue weighted by atomic mass is 10.3. The summed E-state index contributed by atoms with van der Waals surface area (Å²) in [4.78, 5) is 23.0. The molecule has 0 saturated heterocycles.